The summed E-state index contributed by atoms with van der Waals surface area (Å²) < 4.78 is 0. The predicted molar refractivity (Wildman–Crippen MR) is 33.4 cm³/mol. The number of hydrogen-bond acceptors (Lipinski definition) is 3. The van der Waals surface area contributed by atoms with Gasteiger partial charge in [-0.1, -0.05) is 0 Å². The smallest absolute Gasteiger partial charge is 1.00 e. The Morgan fingerprint density at radius 1 is 1.60 bits per heavy atom. The molecule has 1 heterocycles. The van der Waals surface area contributed by atoms with Crippen molar-refractivity contribution in [2.75, 3.05) is 19.6 Å². The van der Waals surface area contributed by atoms with E-state index < -0.39 is 12.0 Å². The Balaban J connectivity index is 0. The molecule has 1 rings (SSSR count). The predicted octanol–water partition coefficient (Wildman–Crippen LogP) is -4.25. The van der Waals surface area contributed by atoms with Crippen LogP contribution in [0, 0.1) is 0 Å². The number of nitrogens with one attached hydrogen (secondary N) is 2. The summed E-state index contributed by atoms with van der Waals surface area (Å²) in [5.74, 6) is -0.776. The van der Waals surface area contributed by atoms with E-state index in [0.29, 0.717) is 6.54 Å². The number of rotatable bonds is 1. The van der Waals surface area contributed by atoms with Crippen LogP contribution in [0.5, 0.6) is 0 Å². The monoisotopic (exact) mass is 170 g/mol. The molecule has 0 spiro atoms. The van der Waals surface area contributed by atoms with Gasteiger partial charge in [-0.15, -0.1) is 0 Å². The molecule has 0 radical (unpaired) electrons. The Hall–Kier alpha value is 1.03. The number of carbonyl (C=O) groups is 1. The zero-order chi connectivity index (χ0) is 6.69. The van der Waals surface area contributed by atoms with Gasteiger partial charge in [0, 0.05) is 19.6 Å². The number of hydrogen-bond donors (Lipinski definition) is 3. The van der Waals surface area contributed by atoms with Crippen molar-refractivity contribution in [3.8, 4) is 0 Å². The Morgan fingerprint density at radius 2 is 2.30 bits per heavy atom. The minimum Gasteiger partial charge on any atom is -1.00 e. The van der Waals surface area contributed by atoms with E-state index in [-0.39, 0.29) is 52.8 Å². The van der Waals surface area contributed by atoms with Crippen molar-refractivity contribution in [2.45, 2.75) is 6.04 Å². The first-order valence-corrected chi connectivity index (χ1v) is 2.97. The third-order valence-corrected chi connectivity index (χ3v) is 1.34. The molecule has 0 saturated carbocycles. The van der Waals surface area contributed by atoms with Crippen molar-refractivity contribution in [1.82, 2.24) is 10.6 Å². The van der Waals surface area contributed by atoms with Crippen molar-refractivity contribution in [2.24, 2.45) is 0 Å². The number of piperazine rings is 1. The number of carboxylic acid groups (broad SMARTS) is 1. The third-order valence-electron chi connectivity index (χ3n) is 1.34. The summed E-state index contributed by atoms with van der Waals surface area (Å²) in [6.45, 7) is 2.15. The first-order valence-electron chi connectivity index (χ1n) is 2.97. The Morgan fingerprint density at radius 3 is 2.60 bits per heavy atom. The van der Waals surface area contributed by atoms with Gasteiger partial charge in [-0.05, 0) is 0 Å². The maximum atomic E-state index is 10.3. The van der Waals surface area contributed by atoms with E-state index in [4.69, 9.17) is 5.11 Å². The maximum Gasteiger partial charge on any atom is 1.00 e. The minimum atomic E-state index is -0.776. The summed E-state index contributed by atoms with van der Waals surface area (Å²) in [4.78, 5) is 10.3. The molecule has 1 atom stereocenters. The van der Waals surface area contributed by atoms with E-state index in [1.165, 1.54) is 0 Å². The van der Waals surface area contributed by atoms with Gasteiger partial charge in [0.15, 0.2) is 0 Å². The summed E-state index contributed by atoms with van der Waals surface area (Å²) in [6.07, 6.45) is 0. The third kappa shape index (κ3) is 3.43. The summed E-state index contributed by atoms with van der Waals surface area (Å²) in [5, 5.41) is 14.3. The van der Waals surface area contributed by atoms with Gasteiger partial charge in [0.05, 0.1) is 0 Å². The van der Waals surface area contributed by atoms with Crippen LogP contribution >= 0.6 is 0 Å². The Bertz CT molecular complexity index is 119. The second kappa shape index (κ2) is 5.65. The van der Waals surface area contributed by atoms with Gasteiger partial charge in [-0.3, -0.25) is 4.79 Å². The second-order valence-electron chi connectivity index (χ2n) is 2.05. The van der Waals surface area contributed by atoms with Crippen LogP contribution in [0.1, 0.15) is 1.43 Å². The van der Waals surface area contributed by atoms with Gasteiger partial charge in [-0.25, -0.2) is 0 Å². The largest absolute Gasteiger partial charge is 1.00 e. The first-order chi connectivity index (χ1) is 4.30. The van der Waals surface area contributed by atoms with E-state index in [0.717, 1.165) is 13.1 Å². The first kappa shape index (κ1) is 11.0. The van der Waals surface area contributed by atoms with Crippen molar-refractivity contribution in [3.05, 3.63) is 0 Å². The number of aliphatic carboxylic acids is 1. The molecule has 1 fully saturated rings. The molecule has 0 aromatic carbocycles. The van der Waals surface area contributed by atoms with Crippen molar-refractivity contribution in [1.29, 1.82) is 0 Å². The summed E-state index contributed by atoms with van der Waals surface area (Å²) >= 11 is 0. The van der Waals surface area contributed by atoms with E-state index in [9.17, 15) is 4.79 Å². The quantitative estimate of drug-likeness (QED) is 0.349. The molecule has 4 nitrogen and oxygen atoms in total. The molecular weight excluding hydrogens is 159 g/mol. The van der Waals surface area contributed by atoms with Crippen LogP contribution in [0.15, 0.2) is 0 Å². The molecular formula is C5H11KN2O2. The van der Waals surface area contributed by atoms with Crippen LogP contribution in [-0.4, -0.2) is 36.8 Å². The fourth-order valence-electron chi connectivity index (χ4n) is 0.828. The van der Waals surface area contributed by atoms with E-state index in [1.807, 2.05) is 0 Å². The number of carboxylic acids is 1. The molecule has 0 amide bonds. The molecule has 0 aromatic rings. The molecule has 54 valence electrons. The summed E-state index contributed by atoms with van der Waals surface area (Å²) in [6, 6.07) is -0.390. The topological polar surface area (TPSA) is 61.4 Å². The molecule has 1 unspecified atom stereocenters. The van der Waals surface area contributed by atoms with Gasteiger partial charge >= 0.3 is 57.4 Å². The minimum absolute atomic E-state index is 0. The molecule has 0 aliphatic carbocycles. The van der Waals surface area contributed by atoms with Crippen LogP contribution in [0.4, 0.5) is 0 Å². The van der Waals surface area contributed by atoms with Crippen molar-refractivity contribution < 1.29 is 62.7 Å². The van der Waals surface area contributed by atoms with Crippen LogP contribution in [0.3, 0.4) is 0 Å². The summed E-state index contributed by atoms with van der Waals surface area (Å²) in [5.41, 5.74) is 0. The van der Waals surface area contributed by atoms with Crippen molar-refractivity contribution >= 4 is 5.97 Å². The molecule has 10 heavy (non-hydrogen) atoms. The molecule has 0 aromatic heterocycles. The Labute approximate surface area is 104 Å². The summed E-state index contributed by atoms with van der Waals surface area (Å²) in [7, 11) is 0. The molecule has 0 bridgehead atoms. The van der Waals surface area contributed by atoms with Crippen LogP contribution < -0.4 is 62.0 Å². The molecule has 3 N–H and O–H groups in total. The fourth-order valence-corrected chi connectivity index (χ4v) is 0.828. The molecule has 1 aliphatic rings. The normalized spacial score (nSPS) is 25.0. The Kier molecular flexibility index (Phi) is 6.23. The van der Waals surface area contributed by atoms with Crippen LogP contribution in [0.25, 0.3) is 0 Å². The van der Waals surface area contributed by atoms with Crippen molar-refractivity contribution in [3.63, 3.8) is 0 Å². The molecule has 1 saturated heterocycles. The van der Waals surface area contributed by atoms with Crippen LogP contribution in [0.2, 0.25) is 0 Å². The zero-order valence-corrected chi connectivity index (χ0v) is 9.18. The van der Waals surface area contributed by atoms with Gasteiger partial charge in [-0.2, -0.15) is 0 Å². The van der Waals surface area contributed by atoms with Gasteiger partial charge < -0.3 is 17.2 Å². The van der Waals surface area contributed by atoms with E-state index in [1.54, 1.807) is 0 Å². The van der Waals surface area contributed by atoms with E-state index >= 15 is 0 Å². The van der Waals surface area contributed by atoms with Gasteiger partial charge in [0.1, 0.15) is 6.04 Å². The molecule has 1 aliphatic heterocycles. The standard InChI is InChI=1S/C5H10N2O2.K.H/c8-5(9)4-3-6-1-2-7-4;;/h4,6-7H,1-3H2,(H,8,9);;/q;+1;-1. The second-order valence-corrected chi connectivity index (χ2v) is 2.05. The average Bonchev–Trinajstić information content (AvgIpc) is 1.90. The maximum absolute atomic E-state index is 10.3. The fraction of sp³-hybridized carbons (Fsp3) is 0.800. The average molecular weight is 170 g/mol. The van der Waals surface area contributed by atoms with Gasteiger partial charge in [0.2, 0.25) is 0 Å². The SMILES string of the molecule is O=C(O)C1CNCCN1.[H-].[K+]. The zero-order valence-electron chi connectivity index (χ0n) is 7.05. The molecule has 5 heteroatoms. The van der Waals surface area contributed by atoms with E-state index in [2.05, 4.69) is 10.6 Å². The van der Waals surface area contributed by atoms with Crippen LogP contribution in [-0.2, 0) is 4.79 Å². The van der Waals surface area contributed by atoms with Gasteiger partial charge in [0.25, 0.3) is 0 Å².